The molecule has 1 N–H and O–H groups in total. The molecule has 0 bridgehead atoms. The number of rotatable bonds is 2. The van der Waals surface area contributed by atoms with E-state index in [-0.39, 0.29) is 5.56 Å². The van der Waals surface area contributed by atoms with Crippen LogP contribution < -0.4 is 5.32 Å². The second-order valence-electron chi connectivity index (χ2n) is 2.45. The molecule has 0 heterocycles. The molecule has 0 amide bonds. The predicted octanol–water partition coefficient (Wildman–Crippen LogP) is 2.65. The summed E-state index contributed by atoms with van der Waals surface area (Å²) in [4.78, 5) is 0. The van der Waals surface area contributed by atoms with Crippen molar-refractivity contribution in [1.82, 2.24) is 0 Å². The lowest BCUT2D eigenvalue weighted by molar-refractivity contribution is 0.104. The van der Waals surface area contributed by atoms with Gasteiger partial charge < -0.3 is 5.32 Å². The monoisotopic (exact) mass is 189 g/mol. The molecule has 0 radical (unpaired) electrons. The average molecular weight is 189 g/mol. The minimum absolute atomic E-state index is 0.000602. The number of nitrogens with one attached hydrogen (secondary N) is 1. The zero-order chi connectivity index (χ0) is 9.19. The molecule has 66 valence electrons. The summed E-state index contributed by atoms with van der Waals surface area (Å²) in [5, 5.41) is 2.80. The summed E-state index contributed by atoms with van der Waals surface area (Å²) in [6, 6.07) is 6.15. The number of hydrogen-bond donors (Lipinski definition) is 1. The highest BCUT2D eigenvalue weighted by atomic mass is 31.0. The Labute approximate surface area is 72.4 Å². The van der Waals surface area contributed by atoms with E-state index in [4.69, 9.17) is 0 Å². The Kier molecular flexibility index (Phi) is 2.63. The van der Waals surface area contributed by atoms with Gasteiger partial charge in [0.15, 0.2) is 0 Å². The van der Waals surface area contributed by atoms with Crippen LogP contribution in [0.1, 0.15) is 5.56 Å². The maximum absolute atomic E-state index is 12.7. The van der Waals surface area contributed by atoms with Gasteiger partial charge in [0.25, 0.3) is 5.66 Å². The Morgan fingerprint density at radius 3 is 2.58 bits per heavy atom. The normalized spacial score (nSPS) is 11.3. The van der Waals surface area contributed by atoms with E-state index in [0.717, 1.165) is 0 Å². The van der Waals surface area contributed by atoms with Crippen molar-refractivity contribution in [3.05, 3.63) is 29.8 Å². The average Bonchev–Trinajstić information content (AvgIpc) is 2.03. The second-order valence-corrected chi connectivity index (χ2v) is 3.18. The zero-order valence-corrected chi connectivity index (χ0v) is 7.80. The molecule has 12 heavy (non-hydrogen) atoms. The van der Waals surface area contributed by atoms with Gasteiger partial charge in [-0.1, -0.05) is 21.4 Å². The first-order valence-corrected chi connectivity index (χ1v) is 4.07. The van der Waals surface area contributed by atoms with Gasteiger partial charge in [0.05, 0.1) is 0 Å². The molecule has 0 aliphatic carbocycles. The summed E-state index contributed by atoms with van der Waals surface area (Å²) in [6.07, 6.45) is 0. The molecule has 0 aromatic heterocycles. The van der Waals surface area contributed by atoms with Gasteiger partial charge in [-0.2, -0.15) is 8.78 Å². The molecular formula is C8H10F2NP. The highest BCUT2D eigenvalue weighted by Gasteiger charge is 2.23. The van der Waals surface area contributed by atoms with Crippen LogP contribution >= 0.6 is 9.24 Å². The molecule has 4 heteroatoms. The van der Waals surface area contributed by atoms with Gasteiger partial charge in [0.2, 0.25) is 0 Å². The van der Waals surface area contributed by atoms with Crippen molar-refractivity contribution in [1.29, 1.82) is 0 Å². The Balaban J connectivity index is 3.02. The second kappa shape index (κ2) is 3.36. The summed E-state index contributed by atoms with van der Waals surface area (Å²) >= 11 is 0. The van der Waals surface area contributed by atoms with Gasteiger partial charge in [-0.15, -0.1) is 0 Å². The Bertz CT molecular complexity index is 270. The van der Waals surface area contributed by atoms with Crippen LogP contribution in [0.4, 0.5) is 14.5 Å². The van der Waals surface area contributed by atoms with Crippen molar-refractivity contribution in [2.75, 3.05) is 12.4 Å². The van der Waals surface area contributed by atoms with E-state index in [1.54, 1.807) is 19.2 Å². The van der Waals surface area contributed by atoms with E-state index in [1.807, 2.05) is 0 Å². The van der Waals surface area contributed by atoms with Gasteiger partial charge >= 0.3 is 0 Å². The minimum Gasteiger partial charge on any atom is -0.388 e. The number of alkyl halides is 2. The fraction of sp³-hybridized carbons (Fsp3) is 0.250. The van der Waals surface area contributed by atoms with Gasteiger partial charge in [-0.3, -0.25) is 0 Å². The molecule has 1 aromatic rings. The number of benzene rings is 1. The summed E-state index contributed by atoms with van der Waals surface area (Å²) in [5.74, 6) is 0. The summed E-state index contributed by atoms with van der Waals surface area (Å²) in [7, 11) is 3.21. The van der Waals surface area contributed by atoms with E-state index in [2.05, 4.69) is 5.32 Å². The predicted molar refractivity (Wildman–Crippen MR) is 49.6 cm³/mol. The lowest BCUT2D eigenvalue weighted by Crippen LogP contribution is -2.02. The van der Waals surface area contributed by atoms with Gasteiger partial charge in [0.1, 0.15) is 0 Å². The van der Waals surface area contributed by atoms with Crippen molar-refractivity contribution in [3.8, 4) is 0 Å². The third kappa shape index (κ3) is 2.15. The fourth-order valence-electron chi connectivity index (χ4n) is 0.882. The van der Waals surface area contributed by atoms with E-state index < -0.39 is 5.66 Å². The van der Waals surface area contributed by atoms with E-state index in [1.165, 1.54) is 21.4 Å². The van der Waals surface area contributed by atoms with E-state index >= 15 is 0 Å². The highest BCUT2D eigenvalue weighted by molar-refractivity contribution is 7.17. The van der Waals surface area contributed by atoms with Crippen LogP contribution in [-0.4, -0.2) is 7.05 Å². The number of hydrogen-bond acceptors (Lipinski definition) is 1. The number of halogens is 2. The van der Waals surface area contributed by atoms with Crippen molar-refractivity contribution in [2.45, 2.75) is 5.66 Å². The van der Waals surface area contributed by atoms with Crippen LogP contribution in [0.3, 0.4) is 0 Å². The fourth-order valence-corrected chi connectivity index (χ4v) is 1.06. The molecule has 1 aromatic carbocycles. The van der Waals surface area contributed by atoms with Crippen LogP contribution in [-0.2, 0) is 5.66 Å². The lowest BCUT2D eigenvalue weighted by Gasteiger charge is -2.11. The van der Waals surface area contributed by atoms with Gasteiger partial charge in [-0.05, 0) is 12.1 Å². The standard InChI is InChI=1S/C8H10F2NP/c1-11-7-4-2-3-6(5-7)8(9,10)12/h2-5,11H,12H2,1H3. The Morgan fingerprint density at radius 2 is 2.08 bits per heavy atom. The van der Waals surface area contributed by atoms with Gasteiger partial charge in [-0.25, -0.2) is 0 Å². The SMILES string of the molecule is CNc1cccc(C(F)(F)P)c1. The van der Waals surface area contributed by atoms with E-state index in [0.29, 0.717) is 5.69 Å². The summed E-state index contributed by atoms with van der Waals surface area (Å²) < 4.78 is 25.4. The first kappa shape index (κ1) is 9.40. The summed E-state index contributed by atoms with van der Waals surface area (Å²) in [5.41, 5.74) is -2.15. The Hall–Kier alpha value is -0.690. The molecular weight excluding hydrogens is 179 g/mol. The lowest BCUT2D eigenvalue weighted by atomic mass is 10.2. The molecule has 1 unspecified atom stereocenters. The molecule has 1 nitrogen and oxygen atoms in total. The van der Waals surface area contributed by atoms with Crippen LogP contribution in [0.15, 0.2) is 24.3 Å². The highest BCUT2D eigenvalue weighted by Crippen LogP contribution is 2.35. The van der Waals surface area contributed by atoms with Gasteiger partial charge in [0, 0.05) is 18.3 Å². The van der Waals surface area contributed by atoms with Crippen LogP contribution in [0.25, 0.3) is 0 Å². The topological polar surface area (TPSA) is 12.0 Å². The molecule has 0 saturated carbocycles. The maximum Gasteiger partial charge on any atom is 0.283 e. The maximum atomic E-state index is 12.7. The number of anilines is 1. The van der Waals surface area contributed by atoms with Crippen molar-refractivity contribution < 1.29 is 8.78 Å². The molecule has 0 fully saturated rings. The molecule has 1 rings (SSSR count). The smallest absolute Gasteiger partial charge is 0.283 e. The third-order valence-corrected chi connectivity index (χ3v) is 1.87. The van der Waals surface area contributed by atoms with Crippen LogP contribution in [0, 0.1) is 0 Å². The first-order chi connectivity index (χ1) is 5.54. The molecule has 1 atom stereocenters. The molecule has 0 spiro atoms. The largest absolute Gasteiger partial charge is 0.388 e. The Morgan fingerprint density at radius 1 is 1.42 bits per heavy atom. The summed E-state index contributed by atoms with van der Waals surface area (Å²) in [6.45, 7) is 0. The van der Waals surface area contributed by atoms with Crippen LogP contribution in [0.5, 0.6) is 0 Å². The van der Waals surface area contributed by atoms with Crippen molar-refractivity contribution in [2.24, 2.45) is 0 Å². The third-order valence-electron chi connectivity index (χ3n) is 1.54. The minimum atomic E-state index is -2.84. The van der Waals surface area contributed by atoms with E-state index in [9.17, 15) is 8.78 Å². The zero-order valence-electron chi connectivity index (χ0n) is 6.64. The quantitative estimate of drug-likeness (QED) is 0.705. The molecule has 0 saturated heterocycles. The molecule has 0 aliphatic rings. The molecule has 0 aliphatic heterocycles. The first-order valence-electron chi connectivity index (χ1n) is 3.49. The van der Waals surface area contributed by atoms with Crippen LogP contribution in [0.2, 0.25) is 0 Å². The van der Waals surface area contributed by atoms with Crippen molar-refractivity contribution >= 4 is 14.9 Å². The van der Waals surface area contributed by atoms with Crippen molar-refractivity contribution in [3.63, 3.8) is 0 Å².